The van der Waals surface area contributed by atoms with Crippen LogP contribution in [0.1, 0.15) is 22.8 Å². The second-order valence-corrected chi connectivity index (χ2v) is 6.64. The molecule has 0 unspecified atom stereocenters. The molecule has 1 aromatic heterocycles. The second kappa shape index (κ2) is 10.4. The lowest BCUT2D eigenvalue weighted by atomic mass is 10.2. The molecule has 1 heterocycles. The van der Waals surface area contributed by atoms with Crippen molar-refractivity contribution in [3.05, 3.63) is 52.3 Å². The molecule has 1 N–H and O–H groups in total. The van der Waals surface area contributed by atoms with Gasteiger partial charge in [-0.3, -0.25) is 14.6 Å². The van der Waals surface area contributed by atoms with Gasteiger partial charge in [-0.1, -0.05) is 0 Å². The number of rotatable bonds is 8. The van der Waals surface area contributed by atoms with Gasteiger partial charge in [-0.15, -0.1) is 0 Å². The quantitative estimate of drug-likeness (QED) is 0.494. The molecule has 0 radical (unpaired) electrons. The molecule has 0 atom stereocenters. The molecule has 0 bridgehead atoms. The smallest absolute Gasteiger partial charge is 0.272 e. The zero-order chi connectivity index (χ0) is 20.5. The molecule has 2 aromatic rings. The molecule has 9 heteroatoms. The van der Waals surface area contributed by atoms with Crippen molar-refractivity contribution in [1.29, 1.82) is 0 Å². The van der Waals surface area contributed by atoms with Crippen molar-refractivity contribution < 1.29 is 19.1 Å². The van der Waals surface area contributed by atoms with Gasteiger partial charge in [0.1, 0.15) is 0 Å². The van der Waals surface area contributed by atoms with E-state index in [1.165, 1.54) is 17.3 Å². The average molecular weight is 449 g/mol. The molecule has 1 aromatic carbocycles. The van der Waals surface area contributed by atoms with E-state index in [1.54, 1.807) is 44.6 Å². The van der Waals surface area contributed by atoms with Crippen molar-refractivity contribution in [2.24, 2.45) is 5.10 Å². The molecular formula is C19H21BrN4O4. The third-order valence-corrected chi connectivity index (χ3v) is 4.06. The van der Waals surface area contributed by atoms with Gasteiger partial charge >= 0.3 is 0 Å². The molecule has 0 fully saturated rings. The van der Waals surface area contributed by atoms with E-state index in [4.69, 9.17) is 9.47 Å². The molecular weight excluding hydrogens is 428 g/mol. The molecule has 148 valence electrons. The van der Waals surface area contributed by atoms with Crippen molar-refractivity contribution in [2.45, 2.75) is 6.92 Å². The Kier molecular flexibility index (Phi) is 7.94. The topological polar surface area (TPSA) is 93.1 Å². The predicted molar refractivity (Wildman–Crippen MR) is 109 cm³/mol. The summed E-state index contributed by atoms with van der Waals surface area (Å²) >= 11 is 3.43. The van der Waals surface area contributed by atoms with Crippen molar-refractivity contribution in [3.8, 4) is 11.5 Å². The van der Waals surface area contributed by atoms with Crippen molar-refractivity contribution in [2.75, 3.05) is 27.3 Å². The average Bonchev–Trinajstić information content (AvgIpc) is 2.68. The van der Waals surface area contributed by atoms with E-state index in [0.29, 0.717) is 33.7 Å². The highest BCUT2D eigenvalue weighted by atomic mass is 79.9. The molecule has 0 aliphatic heterocycles. The van der Waals surface area contributed by atoms with E-state index in [1.807, 2.05) is 6.92 Å². The minimum Gasteiger partial charge on any atom is -0.490 e. The summed E-state index contributed by atoms with van der Waals surface area (Å²) in [6.07, 6.45) is 4.52. The zero-order valence-electron chi connectivity index (χ0n) is 15.8. The fourth-order valence-electron chi connectivity index (χ4n) is 2.06. The van der Waals surface area contributed by atoms with Crippen LogP contribution in [-0.2, 0) is 4.79 Å². The van der Waals surface area contributed by atoms with Crippen LogP contribution in [0.4, 0.5) is 0 Å². The standard InChI is InChI=1S/C19H21BrN4O4/c1-4-27-16-9-13(8-15(20)18(16)28-12-17(25)24(2)3)10-22-23-19(26)14-6-5-7-21-11-14/h5-11H,4,12H2,1-3H3,(H,23,26). The number of amides is 2. The Labute approximate surface area is 171 Å². The first kappa shape index (κ1) is 21.4. The third-order valence-electron chi connectivity index (χ3n) is 3.47. The lowest BCUT2D eigenvalue weighted by molar-refractivity contribution is -0.130. The lowest BCUT2D eigenvalue weighted by Gasteiger charge is -2.16. The first-order chi connectivity index (χ1) is 13.4. The minimum atomic E-state index is -0.365. The van der Waals surface area contributed by atoms with Gasteiger partial charge < -0.3 is 14.4 Å². The van der Waals surface area contributed by atoms with Gasteiger partial charge in [0.25, 0.3) is 11.8 Å². The Morgan fingerprint density at radius 1 is 1.32 bits per heavy atom. The van der Waals surface area contributed by atoms with Crippen LogP contribution in [0.25, 0.3) is 0 Å². The first-order valence-corrected chi connectivity index (χ1v) is 9.24. The number of hydrazone groups is 1. The van der Waals surface area contributed by atoms with Crippen molar-refractivity contribution in [1.82, 2.24) is 15.3 Å². The molecule has 0 aliphatic rings. The highest BCUT2D eigenvalue weighted by Gasteiger charge is 2.14. The number of hydrogen-bond acceptors (Lipinski definition) is 6. The summed E-state index contributed by atoms with van der Waals surface area (Å²) in [5, 5.41) is 3.96. The number of aromatic nitrogens is 1. The van der Waals surface area contributed by atoms with Gasteiger partial charge in [-0.25, -0.2) is 5.43 Å². The molecule has 0 saturated heterocycles. The van der Waals surface area contributed by atoms with Crippen LogP contribution in [0.15, 0.2) is 46.2 Å². The molecule has 0 spiro atoms. The van der Waals surface area contributed by atoms with Gasteiger partial charge in [-0.05, 0) is 52.7 Å². The largest absolute Gasteiger partial charge is 0.490 e. The maximum atomic E-state index is 12.0. The summed E-state index contributed by atoms with van der Waals surface area (Å²) in [6.45, 7) is 2.15. The Balaban J connectivity index is 2.12. The monoisotopic (exact) mass is 448 g/mol. The van der Waals surface area contributed by atoms with Gasteiger partial charge in [0.05, 0.1) is 22.9 Å². The van der Waals surface area contributed by atoms with Gasteiger partial charge in [0.2, 0.25) is 0 Å². The predicted octanol–water partition coefficient (Wildman–Crippen LogP) is 2.47. The Morgan fingerprint density at radius 2 is 2.11 bits per heavy atom. The number of pyridine rings is 1. The number of halogens is 1. The number of likely N-dealkylation sites (N-methyl/N-ethyl adjacent to an activating group) is 1. The van der Waals surface area contributed by atoms with Gasteiger partial charge in [-0.2, -0.15) is 5.10 Å². The normalized spacial score (nSPS) is 10.6. The number of carbonyl (C=O) groups excluding carboxylic acids is 2. The first-order valence-electron chi connectivity index (χ1n) is 8.45. The molecule has 8 nitrogen and oxygen atoms in total. The summed E-state index contributed by atoms with van der Waals surface area (Å²) in [7, 11) is 3.31. The van der Waals surface area contributed by atoms with Crippen LogP contribution in [-0.4, -0.2) is 55.2 Å². The summed E-state index contributed by atoms with van der Waals surface area (Å²) < 4.78 is 11.8. The Bertz CT molecular complexity index is 857. The number of nitrogens with zero attached hydrogens (tertiary/aromatic N) is 3. The van der Waals surface area contributed by atoms with Crippen molar-refractivity contribution >= 4 is 34.0 Å². The number of carbonyl (C=O) groups is 2. The van der Waals surface area contributed by atoms with Crippen molar-refractivity contribution in [3.63, 3.8) is 0 Å². The van der Waals surface area contributed by atoms with E-state index >= 15 is 0 Å². The highest BCUT2D eigenvalue weighted by Crippen LogP contribution is 2.36. The summed E-state index contributed by atoms with van der Waals surface area (Å²) in [6, 6.07) is 6.77. The minimum absolute atomic E-state index is 0.111. The SMILES string of the molecule is CCOc1cc(C=NNC(=O)c2cccnc2)cc(Br)c1OCC(=O)N(C)C. The third kappa shape index (κ3) is 6.05. The number of ether oxygens (including phenoxy) is 2. The van der Waals surface area contributed by atoms with Gasteiger partial charge in [0, 0.05) is 26.5 Å². The van der Waals surface area contributed by atoms with E-state index in [9.17, 15) is 9.59 Å². The maximum absolute atomic E-state index is 12.0. The molecule has 28 heavy (non-hydrogen) atoms. The second-order valence-electron chi connectivity index (χ2n) is 5.78. The highest BCUT2D eigenvalue weighted by molar-refractivity contribution is 9.10. The van der Waals surface area contributed by atoms with E-state index in [0.717, 1.165) is 0 Å². The number of nitrogens with one attached hydrogen (secondary N) is 1. The molecule has 0 saturated carbocycles. The summed E-state index contributed by atoms with van der Waals surface area (Å²) in [5.74, 6) is 0.353. The van der Waals surface area contributed by atoms with Crippen LogP contribution in [0, 0.1) is 0 Å². The number of benzene rings is 1. The van der Waals surface area contributed by atoms with Crippen LogP contribution in [0.2, 0.25) is 0 Å². The van der Waals surface area contributed by atoms with Crippen LogP contribution in [0.5, 0.6) is 11.5 Å². The van der Waals surface area contributed by atoms with E-state index in [2.05, 4.69) is 31.4 Å². The fourth-order valence-corrected chi connectivity index (χ4v) is 2.63. The van der Waals surface area contributed by atoms with E-state index < -0.39 is 0 Å². The number of hydrogen-bond donors (Lipinski definition) is 1. The van der Waals surface area contributed by atoms with Gasteiger partial charge in [0.15, 0.2) is 18.1 Å². The zero-order valence-corrected chi connectivity index (χ0v) is 17.4. The fraction of sp³-hybridized carbons (Fsp3) is 0.263. The molecule has 2 rings (SSSR count). The molecule has 2 amide bonds. The van der Waals surface area contributed by atoms with Crippen LogP contribution >= 0.6 is 15.9 Å². The van der Waals surface area contributed by atoms with Crippen LogP contribution < -0.4 is 14.9 Å². The summed E-state index contributed by atoms with van der Waals surface area (Å²) in [4.78, 5) is 29.1. The van der Waals surface area contributed by atoms with E-state index in [-0.39, 0.29) is 18.4 Å². The lowest BCUT2D eigenvalue weighted by Crippen LogP contribution is -2.27. The Hall–Kier alpha value is -2.94. The summed E-state index contributed by atoms with van der Waals surface area (Å²) in [5.41, 5.74) is 3.52. The van der Waals surface area contributed by atoms with Crippen LogP contribution in [0.3, 0.4) is 0 Å². The Morgan fingerprint density at radius 3 is 2.75 bits per heavy atom. The maximum Gasteiger partial charge on any atom is 0.272 e. The molecule has 0 aliphatic carbocycles.